The molecule has 2 aromatic carbocycles. The van der Waals surface area contributed by atoms with Gasteiger partial charge in [0.1, 0.15) is 5.82 Å². The van der Waals surface area contributed by atoms with Crippen LogP contribution in [-0.2, 0) is 13.0 Å². The lowest BCUT2D eigenvalue weighted by molar-refractivity contribution is 0.0942. The van der Waals surface area contributed by atoms with Crippen molar-refractivity contribution < 1.29 is 4.79 Å². The molecule has 0 saturated carbocycles. The molecule has 7 heteroatoms. The second-order valence-electron chi connectivity index (χ2n) is 8.59. The van der Waals surface area contributed by atoms with Crippen LogP contribution in [-0.4, -0.2) is 41.0 Å². The van der Waals surface area contributed by atoms with Gasteiger partial charge in [-0.25, -0.2) is 4.98 Å². The summed E-state index contributed by atoms with van der Waals surface area (Å²) in [5, 5.41) is 4.25. The average molecular weight is 453 g/mol. The Kier molecular flexibility index (Phi) is 6.92. The Balaban J connectivity index is 1.57. The zero-order chi connectivity index (χ0) is 22.7. The number of carbonyl (C=O) groups is 1. The van der Waals surface area contributed by atoms with Crippen LogP contribution >= 0.6 is 11.6 Å². The van der Waals surface area contributed by atoms with Crippen LogP contribution in [0.3, 0.4) is 0 Å². The van der Waals surface area contributed by atoms with E-state index in [1.165, 1.54) is 0 Å². The first-order valence-corrected chi connectivity index (χ1v) is 11.6. The number of aromatic nitrogens is 2. The number of halogens is 1. The molecular weight excluding hydrogens is 424 g/mol. The number of nitrogens with zero attached hydrogens (tertiary/aromatic N) is 3. The topological polar surface area (TPSA) is 67.2 Å². The molecule has 1 N–H and O–H groups in total. The number of likely N-dealkylation sites (N-methyl/N-ethyl adjacent to an activating group) is 1. The van der Waals surface area contributed by atoms with E-state index < -0.39 is 0 Å². The normalized spacial score (nSPS) is 15.1. The molecule has 1 atom stereocenters. The molecule has 0 saturated heterocycles. The monoisotopic (exact) mass is 452 g/mol. The molecule has 2 heterocycles. The molecule has 1 aliphatic rings. The Bertz CT molecular complexity index is 1190. The highest BCUT2D eigenvalue weighted by molar-refractivity contribution is 6.31. The number of benzene rings is 2. The highest BCUT2D eigenvalue weighted by Gasteiger charge is 2.19. The van der Waals surface area contributed by atoms with Crippen molar-refractivity contribution in [3.8, 4) is 0 Å². The van der Waals surface area contributed by atoms with Crippen LogP contribution < -0.4 is 10.9 Å². The predicted molar refractivity (Wildman–Crippen MR) is 128 cm³/mol. The maximum Gasteiger partial charge on any atom is 0.261 e. The van der Waals surface area contributed by atoms with Gasteiger partial charge in [-0.3, -0.25) is 14.2 Å². The Hall–Kier alpha value is -2.70. The van der Waals surface area contributed by atoms with Gasteiger partial charge in [0, 0.05) is 30.1 Å². The van der Waals surface area contributed by atoms with Crippen LogP contribution in [0.2, 0.25) is 5.02 Å². The number of aryl methyl sites for hydroxylation is 1. The van der Waals surface area contributed by atoms with E-state index in [2.05, 4.69) is 5.32 Å². The van der Waals surface area contributed by atoms with Gasteiger partial charge in [-0.05, 0) is 56.8 Å². The van der Waals surface area contributed by atoms with E-state index in [4.69, 9.17) is 16.6 Å². The minimum atomic E-state index is -0.195. The number of hydrogen-bond donors (Lipinski definition) is 1. The highest BCUT2D eigenvalue weighted by atomic mass is 35.5. The van der Waals surface area contributed by atoms with Crippen molar-refractivity contribution >= 4 is 28.4 Å². The van der Waals surface area contributed by atoms with Crippen LogP contribution in [0.5, 0.6) is 0 Å². The van der Waals surface area contributed by atoms with Crippen molar-refractivity contribution in [3.05, 3.63) is 74.8 Å². The molecule has 0 aliphatic carbocycles. The van der Waals surface area contributed by atoms with Gasteiger partial charge >= 0.3 is 0 Å². The minimum Gasteiger partial charge on any atom is -0.350 e. The molecule has 6 nitrogen and oxygen atoms in total. The smallest absolute Gasteiger partial charge is 0.261 e. The van der Waals surface area contributed by atoms with E-state index in [1.54, 1.807) is 18.2 Å². The fraction of sp³-hybridized carbons (Fsp3) is 0.400. The largest absolute Gasteiger partial charge is 0.350 e. The van der Waals surface area contributed by atoms with E-state index in [0.717, 1.165) is 43.5 Å². The second kappa shape index (κ2) is 9.84. The molecule has 1 aliphatic heterocycles. The molecule has 0 spiro atoms. The summed E-state index contributed by atoms with van der Waals surface area (Å²) in [6.45, 7) is 1.13. The van der Waals surface area contributed by atoms with Crippen molar-refractivity contribution in [2.75, 3.05) is 20.6 Å². The summed E-state index contributed by atoms with van der Waals surface area (Å²) in [6.07, 6.45) is 5.13. The molecule has 4 rings (SSSR count). The van der Waals surface area contributed by atoms with E-state index in [1.807, 2.05) is 47.8 Å². The third-order valence-electron chi connectivity index (χ3n) is 6.17. The van der Waals surface area contributed by atoms with Crippen LogP contribution in [0.4, 0.5) is 0 Å². The molecule has 0 bridgehead atoms. The molecule has 1 amide bonds. The van der Waals surface area contributed by atoms with E-state index in [-0.39, 0.29) is 17.5 Å². The molecule has 0 radical (unpaired) electrons. The van der Waals surface area contributed by atoms with Crippen molar-refractivity contribution in [3.63, 3.8) is 0 Å². The van der Waals surface area contributed by atoms with Crippen molar-refractivity contribution in [1.29, 1.82) is 0 Å². The quantitative estimate of drug-likeness (QED) is 0.630. The third-order valence-corrected chi connectivity index (χ3v) is 6.52. The van der Waals surface area contributed by atoms with Crippen molar-refractivity contribution in [1.82, 2.24) is 19.8 Å². The predicted octanol–water partition coefficient (Wildman–Crippen LogP) is 4.20. The Morgan fingerprint density at radius 2 is 1.94 bits per heavy atom. The fourth-order valence-corrected chi connectivity index (χ4v) is 4.61. The lowest BCUT2D eigenvalue weighted by Gasteiger charge is -2.26. The lowest BCUT2D eigenvalue weighted by atomic mass is 10.1. The average Bonchev–Trinajstić information content (AvgIpc) is 2.75. The summed E-state index contributed by atoms with van der Waals surface area (Å²) in [7, 11) is 3.92. The first kappa shape index (κ1) is 22.5. The van der Waals surface area contributed by atoms with Crippen molar-refractivity contribution in [2.45, 2.75) is 44.7 Å². The first-order chi connectivity index (χ1) is 15.5. The first-order valence-electron chi connectivity index (χ1n) is 11.2. The maximum absolute atomic E-state index is 13.0. The molecule has 168 valence electrons. The van der Waals surface area contributed by atoms with Gasteiger partial charge in [0.05, 0.1) is 16.9 Å². The molecule has 1 aromatic heterocycles. The zero-order valence-corrected chi connectivity index (χ0v) is 19.4. The number of nitrogens with one attached hydrogen (secondary N) is 1. The fourth-order valence-electron chi connectivity index (χ4n) is 4.34. The summed E-state index contributed by atoms with van der Waals surface area (Å²) in [5.41, 5.74) is 2.04. The molecule has 32 heavy (non-hydrogen) atoms. The Morgan fingerprint density at radius 3 is 2.72 bits per heavy atom. The summed E-state index contributed by atoms with van der Waals surface area (Å²) >= 11 is 6.38. The van der Waals surface area contributed by atoms with Crippen LogP contribution in [0.25, 0.3) is 10.9 Å². The molecular formula is C25H29ClN4O2. The van der Waals surface area contributed by atoms with Crippen LogP contribution in [0.1, 0.15) is 53.5 Å². The zero-order valence-electron chi connectivity index (χ0n) is 18.6. The number of amides is 1. The number of hydrogen-bond acceptors (Lipinski definition) is 4. The van der Waals surface area contributed by atoms with Crippen LogP contribution in [0.15, 0.2) is 47.3 Å². The number of fused-ring (bicyclic) bond motifs is 2. The summed E-state index contributed by atoms with van der Waals surface area (Å²) in [6, 6.07) is 12.8. The SMILES string of the molecule is CN(C)C(CNC(=O)c1ccc2c(=O)n3c(nc2c1)CCCCCC3)c1ccccc1Cl. The number of rotatable bonds is 5. The molecule has 0 fully saturated rings. The van der Waals surface area contributed by atoms with Gasteiger partial charge < -0.3 is 10.2 Å². The van der Waals surface area contributed by atoms with Crippen molar-refractivity contribution in [2.24, 2.45) is 0 Å². The van der Waals surface area contributed by atoms with Gasteiger partial charge in [0.2, 0.25) is 0 Å². The van der Waals surface area contributed by atoms with Gasteiger partial charge in [0.25, 0.3) is 11.5 Å². The van der Waals surface area contributed by atoms with E-state index in [9.17, 15) is 9.59 Å². The van der Waals surface area contributed by atoms with E-state index >= 15 is 0 Å². The third kappa shape index (κ3) is 4.71. The number of carbonyl (C=O) groups excluding carboxylic acids is 1. The summed E-state index contributed by atoms with van der Waals surface area (Å²) in [5.74, 6) is 0.630. The minimum absolute atomic E-state index is 0.00903. The standard InChI is InChI=1S/C25H29ClN4O2/c1-29(2)22(18-9-6-7-10-20(18)26)16-27-24(31)17-12-13-19-21(15-17)28-23-11-5-3-4-8-14-30(23)25(19)32/h6-7,9-10,12-13,15,22H,3-5,8,11,14,16H2,1-2H3,(H,27,31). The maximum atomic E-state index is 13.0. The van der Waals surface area contributed by atoms with Gasteiger partial charge in [-0.1, -0.05) is 42.6 Å². The lowest BCUT2D eigenvalue weighted by Crippen LogP contribution is -2.34. The molecule has 1 unspecified atom stereocenters. The summed E-state index contributed by atoms with van der Waals surface area (Å²) in [4.78, 5) is 32.7. The van der Waals surface area contributed by atoms with Gasteiger partial charge in [-0.15, -0.1) is 0 Å². The van der Waals surface area contributed by atoms with Gasteiger partial charge in [0.15, 0.2) is 0 Å². The second-order valence-corrected chi connectivity index (χ2v) is 9.00. The Morgan fingerprint density at radius 1 is 1.16 bits per heavy atom. The van der Waals surface area contributed by atoms with Crippen LogP contribution in [0, 0.1) is 0 Å². The summed E-state index contributed by atoms with van der Waals surface area (Å²) < 4.78 is 1.81. The Labute approximate surface area is 193 Å². The van der Waals surface area contributed by atoms with E-state index in [0.29, 0.717) is 34.6 Å². The van der Waals surface area contributed by atoms with Gasteiger partial charge in [-0.2, -0.15) is 0 Å². The molecule has 3 aromatic rings. The highest BCUT2D eigenvalue weighted by Crippen LogP contribution is 2.25.